The first-order valence-corrected chi connectivity index (χ1v) is 12.1. The van der Waals surface area contributed by atoms with Gasteiger partial charge in [0.2, 0.25) is 21.8 Å². The van der Waals surface area contributed by atoms with Crippen LogP contribution in [0.3, 0.4) is 0 Å². The predicted molar refractivity (Wildman–Crippen MR) is 115 cm³/mol. The van der Waals surface area contributed by atoms with Crippen LogP contribution in [0.4, 0.5) is 11.5 Å². The Morgan fingerprint density at radius 1 is 1.23 bits per heavy atom. The summed E-state index contributed by atoms with van der Waals surface area (Å²) in [5.41, 5.74) is 1.26. The van der Waals surface area contributed by atoms with Crippen molar-refractivity contribution < 1.29 is 18.0 Å². The first-order valence-electron chi connectivity index (χ1n) is 9.65. The third kappa shape index (κ3) is 4.07. The summed E-state index contributed by atoms with van der Waals surface area (Å²) in [4.78, 5) is 31.6. The molecule has 0 atom stereocenters. The van der Waals surface area contributed by atoms with Gasteiger partial charge in [-0.1, -0.05) is 6.07 Å². The average Bonchev–Trinajstić information content (AvgIpc) is 3.27. The molecule has 1 saturated heterocycles. The largest absolute Gasteiger partial charge is 0.309 e. The van der Waals surface area contributed by atoms with Crippen LogP contribution in [0.25, 0.3) is 0 Å². The molecular weight excluding hydrogens is 424 g/mol. The first kappa shape index (κ1) is 20.8. The number of thioether (sulfide) groups is 1. The fourth-order valence-electron chi connectivity index (χ4n) is 3.53. The van der Waals surface area contributed by atoms with E-state index in [1.165, 1.54) is 27.0 Å². The molecule has 0 bridgehead atoms. The summed E-state index contributed by atoms with van der Waals surface area (Å²) in [5, 5.41) is 2.72. The van der Waals surface area contributed by atoms with E-state index in [0.29, 0.717) is 24.6 Å². The van der Waals surface area contributed by atoms with Gasteiger partial charge in [0, 0.05) is 24.2 Å². The number of rotatable bonds is 5. The molecule has 158 valence electrons. The highest BCUT2D eigenvalue weighted by Gasteiger charge is 2.31. The lowest BCUT2D eigenvalue weighted by Gasteiger charge is -2.29. The van der Waals surface area contributed by atoms with E-state index in [1.54, 1.807) is 24.4 Å². The van der Waals surface area contributed by atoms with E-state index in [4.69, 9.17) is 0 Å². The Labute approximate surface area is 179 Å². The van der Waals surface area contributed by atoms with Crippen molar-refractivity contribution in [3.05, 3.63) is 42.1 Å². The van der Waals surface area contributed by atoms with Crippen LogP contribution in [0, 0.1) is 6.92 Å². The van der Waals surface area contributed by atoms with Gasteiger partial charge in [-0.2, -0.15) is 4.31 Å². The molecule has 2 aromatic rings. The molecule has 1 N–H and O–H groups in total. The molecule has 0 unspecified atom stereocenters. The molecular formula is C20H22N4O4S2. The molecule has 1 fully saturated rings. The number of sulfonamides is 1. The summed E-state index contributed by atoms with van der Waals surface area (Å²) >= 11 is 1.34. The highest BCUT2D eigenvalue weighted by molar-refractivity contribution is 8.00. The van der Waals surface area contributed by atoms with Crippen LogP contribution in [0.15, 0.2) is 46.3 Å². The summed E-state index contributed by atoms with van der Waals surface area (Å²) in [7, 11) is -3.62. The van der Waals surface area contributed by atoms with Crippen LogP contribution >= 0.6 is 11.8 Å². The van der Waals surface area contributed by atoms with Gasteiger partial charge in [0.15, 0.2) is 0 Å². The number of fused-ring (bicyclic) bond motifs is 1. The SMILES string of the molecule is Cc1cccnc1NC(=O)CN1C(=O)CSc2ccc(S(=O)(=O)N3CCCC3)cc21. The highest BCUT2D eigenvalue weighted by Crippen LogP contribution is 2.37. The molecule has 30 heavy (non-hydrogen) atoms. The molecule has 0 spiro atoms. The van der Waals surface area contributed by atoms with Crippen molar-refractivity contribution in [2.45, 2.75) is 29.6 Å². The van der Waals surface area contributed by atoms with Crippen LogP contribution < -0.4 is 10.2 Å². The summed E-state index contributed by atoms with van der Waals surface area (Å²) < 4.78 is 27.3. The fraction of sp³-hybridized carbons (Fsp3) is 0.350. The van der Waals surface area contributed by atoms with Crippen LogP contribution in [-0.4, -0.2) is 54.9 Å². The maximum Gasteiger partial charge on any atom is 0.245 e. The number of pyridine rings is 1. The van der Waals surface area contributed by atoms with Crippen molar-refractivity contribution in [1.82, 2.24) is 9.29 Å². The Morgan fingerprint density at radius 2 is 2.00 bits per heavy atom. The van der Waals surface area contributed by atoms with Gasteiger partial charge in [-0.15, -0.1) is 11.8 Å². The minimum Gasteiger partial charge on any atom is -0.309 e. The van der Waals surface area contributed by atoms with Gasteiger partial charge in [-0.05, 0) is 49.6 Å². The fourth-order valence-corrected chi connectivity index (χ4v) is 5.98. The zero-order chi connectivity index (χ0) is 21.3. The van der Waals surface area contributed by atoms with Crippen molar-refractivity contribution in [3.8, 4) is 0 Å². The van der Waals surface area contributed by atoms with Crippen LogP contribution in [0.5, 0.6) is 0 Å². The number of aromatic nitrogens is 1. The molecule has 0 radical (unpaired) electrons. The number of benzene rings is 1. The number of nitrogens with one attached hydrogen (secondary N) is 1. The Morgan fingerprint density at radius 3 is 2.73 bits per heavy atom. The monoisotopic (exact) mass is 446 g/mol. The number of anilines is 2. The molecule has 3 heterocycles. The van der Waals surface area contributed by atoms with Crippen molar-refractivity contribution in [3.63, 3.8) is 0 Å². The third-order valence-corrected chi connectivity index (χ3v) is 8.09. The smallest absolute Gasteiger partial charge is 0.245 e. The maximum atomic E-state index is 12.9. The molecule has 8 nitrogen and oxygen atoms in total. The quantitative estimate of drug-likeness (QED) is 0.756. The number of amides is 2. The van der Waals surface area contributed by atoms with Gasteiger partial charge in [-0.3, -0.25) is 9.59 Å². The van der Waals surface area contributed by atoms with E-state index in [9.17, 15) is 18.0 Å². The molecule has 2 amide bonds. The standard InChI is InChI=1S/C20H22N4O4S2/c1-14-5-4-8-21-20(14)22-18(25)12-24-16-11-15(6-7-17(16)29-13-19(24)26)30(27,28)23-9-2-3-10-23/h4-8,11H,2-3,9-10,12-13H2,1H3,(H,21,22,25). The number of hydrogen-bond acceptors (Lipinski definition) is 6. The minimum absolute atomic E-state index is 0.143. The van der Waals surface area contributed by atoms with Crippen LogP contribution in [0.2, 0.25) is 0 Å². The lowest BCUT2D eigenvalue weighted by molar-refractivity contribution is -0.120. The van der Waals surface area contributed by atoms with Gasteiger partial charge < -0.3 is 10.2 Å². The third-order valence-electron chi connectivity index (χ3n) is 5.15. The lowest BCUT2D eigenvalue weighted by Crippen LogP contribution is -2.41. The number of nitrogens with zero attached hydrogens (tertiary/aromatic N) is 3. The van der Waals surface area contributed by atoms with Crippen molar-refractivity contribution in [2.24, 2.45) is 0 Å². The predicted octanol–water partition coefficient (Wildman–Crippen LogP) is 2.25. The van der Waals surface area contributed by atoms with Gasteiger partial charge in [0.1, 0.15) is 12.4 Å². The van der Waals surface area contributed by atoms with E-state index < -0.39 is 15.9 Å². The second-order valence-electron chi connectivity index (χ2n) is 7.23. The molecule has 0 saturated carbocycles. The molecule has 1 aromatic carbocycles. The summed E-state index contributed by atoms with van der Waals surface area (Å²) in [6, 6.07) is 8.39. The van der Waals surface area contributed by atoms with Gasteiger partial charge in [0.05, 0.1) is 16.3 Å². The number of aryl methyl sites for hydroxylation is 1. The maximum absolute atomic E-state index is 12.9. The topological polar surface area (TPSA) is 99.7 Å². The first-order chi connectivity index (χ1) is 14.4. The lowest BCUT2D eigenvalue weighted by atomic mass is 10.2. The number of hydrogen-bond donors (Lipinski definition) is 1. The summed E-state index contributed by atoms with van der Waals surface area (Å²) in [6.07, 6.45) is 3.27. The van der Waals surface area contributed by atoms with E-state index in [0.717, 1.165) is 23.3 Å². The van der Waals surface area contributed by atoms with Crippen molar-refractivity contribution in [2.75, 3.05) is 35.6 Å². The van der Waals surface area contributed by atoms with E-state index in [1.807, 2.05) is 13.0 Å². The summed E-state index contributed by atoms with van der Waals surface area (Å²) in [6.45, 7) is 2.62. The van der Waals surface area contributed by atoms with Gasteiger partial charge in [0.25, 0.3) is 0 Å². The van der Waals surface area contributed by atoms with E-state index >= 15 is 0 Å². The Hall–Kier alpha value is -2.43. The van der Waals surface area contributed by atoms with Crippen LogP contribution in [0.1, 0.15) is 18.4 Å². The Bertz CT molecular complexity index is 1100. The number of carbonyl (C=O) groups excluding carboxylic acids is 2. The molecule has 0 aliphatic carbocycles. The number of carbonyl (C=O) groups is 2. The van der Waals surface area contributed by atoms with Crippen molar-refractivity contribution >= 4 is 45.1 Å². The second-order valence-corrected chi connectivity index (χ2v) is 10.2. The zero-order valence-corrected chi connectivity index (χ0v) is 18.1. The molecule has 4 rings (SSSR count). The Kier molecular flexibility index (Phi) is 5.81. The molecule has 10 heteroatoms. The molecule has 1 aromatic heterocycles. The van der Waals surface area contributed by atoms with E-state index in [2.05, 4.69) is 10.3 Å². The van der Waals surface area contributed by atoms with E-state index in [-0.39, 0.29) is 23.1 Å². The molecule has 2 aliphatic heterocycles. The van der Waals surface area contributed by atoms with Gasteiger partial charge >= 0.3 is 0 Å². The molecule has 2 aliphatic rings. The normalized spacial score (nSPS) is 17.1. The van der Waals surface area contributed by atoms with Gasteiger partial charge in [-0.25, -0.2) is 13.4 Å². The Balaban J connectivity index is 1.60. The zero-order valence-electron chi connectivity index (χ0n) is 16.5. The highest BCUT2D eigenvalue weighted by atomic mass is 32.2. The second kappa shape index (κ2) is 8.37. The average molecular weight is 447 g/mol. The minimum atomic E-state index is -3.62. The van der Waals surface area contributed by atoms with Crippen molar-refractivity contribution in [1.29, 1.82) is 0 Å². The van der Waals surface area contributed by atoms with Crippen LogP contribution in [-0.2, 0) is 19.6 Å². The summed E-state index contributed by atoms with van der Waals surface area (Å²) in [5.74, 6) is 0.0000290.